The molecule has 1 N–H and O–H groups in total. The molecular weight excluding hydrogens is 370 g/mol. The van der Waals surface area contributed by atoms with Crippen LogP contribution in [0.3, 0.4) is 0 Å². The SMILES string of the molecule is Cc1cc2c(cc1S(=O)(=O)N1CCN(C(=O)C3CCC3)CC1)OCC(=O)N2. The molecule has 2 fully saturated rings. The van der Waals surface area contributed by atoms with Gasteiger partial charge in [-0.3, -0.25) is 9.59 Å². The summed E-state index contributed by atoms with van der Waals surface area (Å²) in [6, 6.07) is 3.10. The van der Waals surface area contributed by atoms with Crippen molar-refractivity contribution >= 4 is 27.5 Å². The summed E-state index contributed by atoms with van der Waals surface area (Å²) >= 11 is 0. The van der Waals surface area contributed by atoms with Gasteiger partial charge in [-0.05, 0) is 31.4 Å². The predicted octanol–water partition coefficient (Wildman–Crippen LogP) is 0.959. The van der Waals surface area contributed by atoms with E-state index in [4.69, 9.17) is 4.74 Å². The lowest BCUT2D eigenvalue weighted by molar-refractivity contribution is -0.139. The Hall–Kier alpha value is -2.13. The number of rotatable bonds is 3. The number of nitrogens with one attached hydrogen (secondary N) is 1. The number of piperazine rings is 1. The highest BCUT2D eigenvalue weighted by molar-refractivity contribution is 7.89. The summed E-state index contributed by atoms with van der Waals surface area (Å²) < 4.78 is 33.0. The van der Waals surface area contributed by atoms with Crippen LogP contribution in [-0.4, -0.2) is 62.2 Å². The Morgan fingerprint density at radius 3 is 2.52 bits per heavy atom. The maximum absolute atomic E-state index is 13.1. The van der Waals surface area contributed by atoms with Crippen molar-refractivity contribution in [3.63, 3.8) is 0 Å². The number of carbonyl (C=O) groups is 2. The van der Waals surface area contributed by atoms with Gasteiger partial charge in [0.15, 0.2) is 6.61 Å². The summed E-state index contributed by atoms with van der Waals surface area (Å²) in [5, 5.41) is 2.68. The van der Waals surface area contributed by atoms with Gasteiger partial charge in [-0.2, -0.15) is 4.31 Å². The molecular formula is C18H23N3O5S. The second kappa shape index (κ2) is 6.79. The average Bonchev–Trinajstić information content (AvgIpc) is 2.59. The van der Waals surface area contributed by atoms with Crippen LogP contribution in [0.15, 0.2) is 17.0 Å². The van der Waals surface area contributed by atoms with Crippen molar-refractivity contribution < 1.29 is 22.7 Å². The van der Waals surface area contributed by atoms with E-state index in [2.05, 4.69) is 5.32 Å². The zero-order valence-electron chi connectivity index (χ0n) is 15.2. The third-order valence-corrected chi connectivity index (χ3v) is 7.57. The molecule has 1 aliphatic carbocycles. The fourth-order valence-corrected chi connectivity index (χ4v) is 5.34. The van der Waals surface area contributed by atoms with E-state index in [1.807, 2.05) is 0 Å². The lowest BCUT2D eigenvalue weighted by Crippen LogP contribution is -2.52. The van der Waals surface area contributed by atoms with E-state index < -0.39 is 10.0 Å². The molecule has 8 nitrogen and oxygen atoms in total. The van der Waals surface area contributed by atoms with Crippen LogP contribution >= 0.6 is 0 Å². The predicted molar refractivity (Wildman–Crippen MR) is 98.0 cm³/mol. The van der Waals surface area contributed by atoms with Gasteiger partial charge in [0.1, 0.15) is 5.75 Å². The number of aryl methyl sites for hydroxylation is 1. The van der Waals surface area contributed by atoms with Crippen LogP contribution in [0.4, 0.5) is 5.69 Å². The molecule has 2 heterocycles. The van der Waals surface area contributed by atoms with Gasteiger partial charge in [0.2, 0.25) is 15.9 Å². The molecule has 2 amide bonds. The van der Waals surface area contributed by atoms with Gasteiger partial charge in [-0.1, -0.05) is 6.42 Å². The Kier molecular flexibility index (Phi) is 4.59. The fourth-order valence-electron chi connectivity index (χ4n) is 3.70. The molecule has 3 aliphatic rings. The highest BCUT2D eigenvalue weighted by Gasteiger charge is 2.35. The smallest absolute Gasteiger partial charge is 0.262 e. The van der Waals surface area contributed by atoms with Gasteiger partial charge in [-0.15, -0.1) is 0 Å². The van der Waals surface area contributed by atoms with Gasteiger partial charge >= 0.3 is 0 Å². The lowest BCUT2D eigenvalue weighted by atomic mass is 9.84. The summed E-state index contributed by atoms with van der Waals surface area (Å²) in [6.45, 7) is 2.99. The van der Waals surface area contributed by atoms with Crippen molar-refractivity contribution in [1.29, 1.82) is 0 Å². The van der Waals surface area contributed by atoms with Crippen molar-refractivity contribution in [2.75, 3.05) is 38.1 Å². The minimum atomic E-state index is -3.70. The first-order chi connectivity index (χ1) is 12.9. The maximum Gasteiger partial charge on any atom is 0.262 e. The van der Waals surface area contributed by atoms with Gasteiger partial charge in [0.25, 0.3) is 5.91 Å². The van der Waals surface area contributed by atoms with E-state index in [0.29, 0.717) is 30.1 Å². The second-order valence-electron chi connectivity index (χ2n) is 7.31. The summed E-state index contributed by atoms with van der Waals surface area (Å²) in [5.41, 5.74) is 1.03. The van der Waals surface area contributed by atoms with E-state index in [1.54, 1.807) is 17.9 Å². The molecule has 27 heavy (non-hydrogen) atoms. The maximum atomic E-state index is 13.1. The molecule has 0 unspecified atom stereocenters. The molecule has 4 rings (SSSR count). The Morgan fingerprint density at radius 1 is 1.19 bits per heavy atom. The van der Waals surface area contributed by atoms with Crippen LogP contribution in [-0.2, 0) is 19.6 Å². The van der Waals surface area contributed by atoms with Crippen LogP contribution < -0.4 is 10.1 Å². The van der Waals surface area contributed by atoms with Crippen LogP contribution in [0.25, 0.3) is 0 Å². The first kappa shape index (κ1) is 18.2. The van der Waals surface area contributed by atoms with E-state index in [0.717, 1.165) is 19.3 Å². The first-order valence-electron chi connectivity index (χ1n) is 9.22. The number of fused-ring (bicyclic) bond motifs is 1. The number of nitrogens with zero attached hydrogens (tertiary/aromatic N) is 2. The summed E-state index contributed by atoms with van der Waals surface area (Å²) in [4.78, 5) is 25.7. The topological polar surface area (TPSA) is 96.0 Å². The molecule has 146 valence electrons. The molecule has 2 aliphatic heterocycles. The molecule has 0 aromatic heterocycles. The Balaban J connectivity index is 1.51. The molecule has 1 aromatic rings. The van der Waals surface area contributed by atoms with Gasteiger partial charge < -0.3 is 15.0 Å². The van der Waals surface area contributed by atoms with Crippen molar-refractivity contribution in [3.8, 4) is 5.75 Å². The van der Waals surface area contributed by atoms with Crippen molar-refractivity contribution in [3.05, 3.63) is 17.7 Å². The molecule has 0 atom stereocenters. The number of benzene rings is 1. The number of ether oxygens (including phenoxy) is 1. The van der Waals surface area contributed by atoms with Crippen molar-refractivity contribution in [2.45, 2.75) is 31.1 Å². The van der Waals surface area contributed by atoms with Gasteiger partial charge in [-0.25, -0.2) is 8.42 Å². The normalized spacial score (nSPS) is 21.1. The molecule has 0 radical (unpaired) electrons. The second-order valence-corrected chi connectivity index (χ2v) is 9.21. The number of sulfonamides is 1. The minimum absolute atomic E-state index is 0.127. The lowest BCUT2D eigenvalue weighted by Gasteiger charge is -2.37. The minimum Gasteiger partial charge on any atom is -0.482 e. The van der Waals surface area contributed by atoms with E-state index in [9.17, 15) is 18.0 Å². The number of hydrogen-bond donors (Lipinski definition) is 1. The van der Waals surface area contributed by atoms with E-state index >= 15 is 0 Å². The molecule has 1 saturated heterocycles. The van der Waals surface area contributed by atoms with E-state index in [-0.39, 0.29) is 42.3 Å². The molecule has 1 aromatic carbocycles. The van der Waals surface area contributed by atoms with Crippen molar-refractivity contribution in [1.82, 2.24) is 9.21 Å². The molecule has 0 bridgehead atoms. The number of anilines is 1. The number of amides is 2. The van der Waals surface area contributed by atoms with E-state index in [1.165, 1.54) is 10.4 Å². The fraction of sp³-hybridized carbons (Fsp3) is 0.556. The Labute approximate surface area is 158 Å². The highest BCUT2D eigenvalue weighted by Crippen LogP contribution is 2.34. The Morgan fingerprint density at radius 2 is 1.89 bits per heavy atom. The zero-order chi connectivity index (χ0) is 19.2. The Bertz CT molecular complexity index is 887. The monoisotopic (exact) mass is 393 g/mol. The van der Waals surface area contributed by atoms with Crippen LogP contribution in [0, 0.1) is 12.8 Å². The third-order valence-electron chi connectivity index (χ3n) is 5.53. The highest BCUT2D eigenvalue weighted by atomic mass is 32.2. The largest absolute Gasteiger partial charge is 0.482 e. The molecule has 9 heteroatoms. The number of hydrogen-bond acceptors (Lipinski definition) is 5. The van der Waals surface area contributed by atoms with Crippen LogP contribution in [0.1, 0.15) is 24.8 Å². The van der Waals surface area contributed by atoms with Crippen molar-refractivity contribution in [2.24, 2.45) is 5.92 Å². The standard InChI is InChI=1S/C18H23N3O5S/c1-12-9-14-15(26-11-17(22)19-14)10-16(12)27(24,25)21-7-5-20(6-8-21)18(23)13-3-2-4-13/h9-10,13H,2-8,11H2,1H3,(H,19,22). The summed E-state index contributed by atoms with van der Waals surface area (Å²) in [7, 11) is -3.70. The van der Waals surface area contributed by atoms with Gasteiger partial charge in [0.05, 0.1) is 10.6 Å². The molecule has 1 saturated carbocycles. The van der Waals surface area contributed by atoms with Gasteiger partial charge in [0, 0.05) is 38.2 Å². The quantitative estimate of drug-likeness (QED) is 0.825. The van der Waals surface area contributed by atoms with Crippen LogP contribution in [0.5, 0.6) is 5.75 Å². The number of carbonyl (C=O) groups excluding carboxylic acids is 2. The zero-order valence-corrected chi connectivity index (χ0v) is 16.0. The average molecular weight is 393 g/mol. The first-order valence-corrected chi connectivity index (χ1v) is 10.7. The summed E-state index contributed by atoms with van der Waals surface area (Å²) in [5.74, 6) is 0.387. The summed E-state index contributed by atoms with van der Waals surface area (Å²) in [6.07, 6.45) is 3.00. The molecule has 0 spiro atoms. The van der Waals surface area contributed by atoms with Crippen LogP contribution in [0.2, 0.25) is 0 Å². The third kappa shape index (κ3) is 3.29.